The van der Waals surface area contributed by atoms with Crippen molar-refractivity contribution < 1.29 is 33.0 Å². The molecule has 1 unspecified atom stereocenters. The second kappa shape index (κ2) is 16.5. The normalized spacial score (nSPS) is 18.7. The number of benzene rings is 1. The van der Waals surface area contributed by atoms with E-state index in [4.69, 9.17) is 4.74 Å². The van der Waals surface area contributed by atoms with Gasteiger partial charge in [-0.3, -0.25) is 9.59 Å². The molecule has 1 saturated carbocycles. The maximum absolute atomic E-state index is 13.8. The summed E-state index contributed by atoms with van der Waals surface area (Å²) < 4.78 is 31.2. The van der Waals surface area contributed by atoms with Crippen molar-refractivity contribution in [1.82, 2.24) is 10.6 Å². The second-order valence-electron chi connectivity index (χ2n) is 14.8. The summed E-state index contributed by atoms with van der Waals surface area (Å²) >= 11 is 0. The van der Waals surface area contributed by atoms with Crippen molar-refractivity contribution in [2.75, 3.05) is 12.4 Å². The predicted octanol–water partition coefficient (Wildman–Crippen LogP) is 4.51. The summed E-state index contributed by atoms with van der Waals surface area (Å²) in [4.78, 5) is 27.3. The summed E-state index contributed by atoms with van der Waals surface area (Å²) in [5.41, 5.74) is 0.131. The second-order valence-corrected chi connectivity index (χ2v) is 17.6. The molecule has 252 valence electrons. The molecule has 4 N–H and O–H groups in total. The van der Waals surface area contributed by atoms with Gasteiger partial charge in [0.25, 0.3) is 0 Å². The lowest BCUT2D eigenvalue weighted by Gasteiger charge is -2.34. The van der Waals surface area contributed by atoms with Crippen LogP contribution in [0.1, 0.15) is 112 Å². The predicted molar refractivity (Wildman–Crippen MR) is 175 cm³/mol. The Kier molecular flexibility index (Phi) is 14.3. The summed E-state index contributed by atoms with van der Waals surface area (Å²) in [5, 5.41) is 27.6. The number of carbonyl (C=O) groups is 2. The van der Waals surface area contributed by atoms with E-state index in [0.717, 1.165) is 31.2 Å². The van der Waals surface area contributed by atoms with Crippen LogP contribution in [0.15, 0.2) is 30.3 Å². The molecule has 5 atom stereocenters. The molecular weight excluding hydrogens is 580 g/mol. The van der Waals surface area contributed by atoms with Gasteiger partial charge >= 0.3 is 0 Å². The number of sulfone groups is 1. The zero-order chi connectivity index (χ0) is 33.3. The van der Waals surface area contributed by atoms with Crippen LogP contribution < -0.4 is 10.6 Å². The molecule has 1 aromatic rings. The van der Waals surface area contributed by atoms with Crippen LogP contribution in [0.3, 0.4) is 0 Å². The van der Waals surface area contributed by atoms with Crippen LogP contribution in [-0.4, -0.2) is 77.4 Å². The van der Waals surface area contributed by atoms with Crippen LogP contribution in [0.2, 0.25) is 0 Å². The molecule has 0 radical (unpaired) electrons. The van der Waals surface area contributed by atoms with E-state index in [1.54, 1.807) is 45.0 Å². The molecule has 0 aromatic heterocycles. The van der Waals surface area contributed by atoms with E-state index >= 15 is 0 Å². The van der Waals surface area contributed by atoms with Crippen LogP contribution in [-0.2, 0) is 24.2 Å². The summed E-state index contributed by atoms with van der Waals surface area (Å²) in [6.45, 7) is 14.0. The van der Waals surface area contributed by atoms with Gasteiger partial charge in [-0.1, -0.05) is 76.3 Å². The van der Waals surface area contributed by atoms with Crippen molar-refractivity contribution in [1.29, 1.82) is 0 Å². The van der Waals surface area contributed by atoms with E-state index in [2.05, 4.69) is 10.6 Å². The van der Waals surface area contributed by atoms with E-state index in [-0.39, 0.29) is 24.7 Å². The maximum Gasteiger partial charge on any atom is 0.245 e. The molecule has 0 spiro atoms. The Bertz CT molecular complexity index is 1140. The molecule has 0 aliphatic heterocycles. The quantitative estimate of drug-likeness (QED) is 0.222. The Morgan fingerprint density at radius 3 is 2.05 bits per heavy atom. The van der Waals surface area contributed by atoms with Crippen LogP contribution in [0.5, 0.6) is 0 Å². The fourth-order valence-corrected chi connectivity index (χ4v) is 6.83. The number of aliphatic hydroxyl groups excluding tert-OH is 2. The lowest BCUT2D eigenvalue weighted by molar-refractivity contribution is -0.134. The highest BCUT2D eigenvalue weighted by Crippen LogP contribution is 2.30. The molecule has 1 fully saturated rings. The first-order valence-corrected chi connectivity index (χ1v) is 17.8. The number of hydrogen-bond acceptors (Lipinski definition) is 7. The number of hydrogen-bond donors (Lipinski definition) is 4. The van der Waals surface area contributed by atoms with Crippen LogP contribution in [0.4, 0.5) is 0 Å². The Balaban J connectivity index is 2.30. The van der Waals surface area contributed by atoms with Crippen LogP contribution in [0.25, 0.3) is 0 Å². The lowest BCUT2D eigenvalue weighted by Crippen LogP contribution is -2.57. The Morgan fingerprint density at radius 1 is 0.932 bits per heavy atom. The highest BCUT2D eigenvalue weighted by atomic mass is 32.2. The van der Waals surface area contributed by atoms with Gasteiger partial charge in [0.1, 0.15) is 12.1 Å². The minimum absolute atomic E-state index is 0.115. The fraction of sp³-hybridized carbons (Fsp3) is 0.765. The van der Waals surface area contributed by atoms with Crippen molar-refractivity contribution in [3.8, 4) is 0 Å². The average Bonchev–Trinajstić information content (AvgIpc) is 2.93. The summed E-state index contributed by atoms with van der Waals surface area (Å²) in [5.74, 6) is -1.72. The monoisotopic (exact) mass is 638 g/mol. The topological polar surface area (TPSA) is 142 Å². The first kappa shape index (κ1) is 38.2. The standard InChI is InChI=1S/C34H58N2O7S/c1-23(2)30(38)31(39)27(19-24-15-11-9-12-16-24)36-32(40)28(21-43-33(3,4)5)35-29(37)20-26(25-17-13-10-14-18-25)22-44(41,42)34(6,7)8/h10,13-14,17-18,23-24,26-28,30-31,38-39H,9,11-12,15-16,19-22H2,1-8H3,(H,35,37)(H,36,40)/t26?,27-,28-,30-,31+/m0/s1. The van der Waals surface area contributed by atoms with E-state index in [1.807, 2.05) is 40.7 Å². The number of amides is 2. The molecular formula is C34H58N2O7S. The van der Waals surface area contributed by atoms with Crippen molar-refractivity contribution in [3.05, 3.63) is 35.9 Å². The van der Waals surface area contributed by atoms with Crippen LogP contribution >= 0.6 is 0 Å². The van der Waals surface area contributed by atoms with Gasteiger partial charge in [-0.05, 0) is 65.4 Å². The molecule has 0 saturated heterocycles. The van der Waals surface area contributed by atoms with Crippen molar-refractivity contribution >= 4 is 21.7 Å². The van der Waals surface area contributed by atoms with Gasteiger partial charge in [0.05, 0.1) is 34.9 Å². The summed E-state index contributed by atoms with van der Waals surface area (Å²) in [7, 11) is -3.56. The number of aliphatic hydroxyl groups is 2. The molecule has 9 nitrogen and oxygen atoms in total. The minimum atomic E-state index is -3.56. The van der Waals surface area contributed by atoms with Crippen LogP contribution in [0, 0.1) is 11.8 Å². The molecule has 0 bridgehead atoms. The number of rotatable bonds is 15. The minimum Gasteiger partial charge on any atom is -0.390 e. The Hall–Kier alpha value is -2.01. The highest BCUT2D eigenvalue weighted by Gasteiger charge is 2.36. The first-order chi connectivity index (χ1) is 20.3. The van der Waals surface area contributed by atoms with Gasteiger partial charge in [0.2, 0.25) is 11.8 Å². The van der Waals surface area contributed by atoms with Crippen molar-refractivity contribution in [3.63, 3.8) is 0 Å². The van der Waals surface area contributed by atoms with Gasteiger partial charge < -0.3 is 25.6 Å². The number of carbonyl (C=O) groups excluding carboxylic acids is 2. The molecule has 0 heterocycles. The third kappa shape index (κ3) is 12.4. The molecule has 10 heteroatoms. The zero-order valence-corrected chi connectivity index (χ0v) is 29.0. The van der Waals surface area contributed by atoms with Gasteiger partial charge in [-0.15, -0.1) is 0 Å². The molecule has 1 aliphatic carbocycles. The Morgan fingerprint density at radius 2 is 1.52 bits per heavy atom. The number of nitrogens with one attached hydrogen (secondary N) is 2. The van der Waals surface area contributed by atoms with Gasteiger partial charge in [0, 0.05) is 12.3 Å². The van der Waals surface area contributed by atoms with Gasteiger partial charge in [-0.2, -0.15) is 0 Å². The third-order valence-electron chi connectivity index (χ3n) is 8.48. The fourth-order valence-electron chi connectivity index (χ4n) is 5.49. The van der Waals surface area contributed by atoms with E-state index in [0.29, 0.717) is 12.3 Å². The van der Waals surface area contributed by atoms with E-state index < -0.39 is 62.2 Å². The van der Waals surface area contributed by atoms with E-state index in [9.17, 15) is 28.2 Å². The summed E-state index contributed by atoms with van der Waals surface area (Å²) in [6, 6.07) is 7.26. The highest BCUT2D eigenvalue weighted by molar-refractivity contribution is 7.92. The SMILES string of the molecule is CC(C)[C@H](O)[C@H](O)[C@H](CC1CCCCC1)NC(=O)[C@H](COC(C)(C)C)NC(=O)CC(CS(=O)(=O)C(C)(C)C)c1ccccc1. The van der Waals surface area contributed by atoms with Gasteiger partial charge in [-0.25, -0.2) is 8.42 Å². The molecule has 1 aromatic carbocycles. The van der Waals surface area contributed by atoms with Crippen molar-refractivity contribution in [2.24, 2.45) is 11.8 Å². The Labute approximate surface area is 265 Å². The average molecular weight is 639 g/mol. The molecule has 2 rings (SSSR count). The first-order valence-electron chi connectivity index (χ1n) is 16.2. The summed E-state index contributed by atoms with van der Waals surface area (Å²) in [6.07, 6.45) is 3.55. The van der Waals surface area contributed by atoms with Crippen molar-refractivity contribution in [2.45, 2.75) is 141 Å². The molecule has 2 amide bonds. The maximum atomic E-state index is 13.8. The number of ether oxygens (including phenoxy) is 1. The smallest absolute Gasteiger partial charge is 0.245 e. The lowest BCUT2D eigenvalue weighted by atomic mass is 9.82. The third-order valence-corrected chi connectivity index (χ3v) is 11.2. The zero-order valence-electron chi connectivity index (χ0n) is 28.1. The molecule has 1 aliphatic rings. The van der Waals surface area contributed by atoms with E-state index in [1.165, 1.54) is 6.42 Å². The van der Waals surface area contributed by atoms with Gasteiger partial charge in [0.15, 0.2) is 9.84 Å². The largest absolute Gasteiger partial charge is 0.390 e. The molecule has 44 heavy (non-hydrogen) atoms.